The van der Waals surface area contributed by atoms with Crippen molar-refractivity contribution in [2.24, 2.45) is 10.8 Å². The van der Waals surface area contributed by atoms with Gasteiger partial charge in [0.05, 0.1) is 0 Å². The molecule has 0 amide bonds. The van der Waals surface area contributed by atoms with Crippen LogP contribution >= 0.6 is 11.6 Å². The van der Waals surface area contributed by atoms with Crippen molar-refractivity contribution < 1.29 is 4.39 Å². The largest absolute Gasteiger partial charge is 0.208 e. The molecule has 0 atom stereocenters. The minimum absolute atomic E-state index is 0.156. The Labute approximate surface area is 109 Å². The maximum atomic E-state index is 13.9. The Hall–Kier alpha value is -0.495. The summed E-state index contributed by atoms with van der Waals surface area (Å²) in [7, 11) is 0. The molecular formula is C14H19BClF. The molecule has 17 heavy (non-hydrogen) atoms. The number of hydrogen-bond donors (Lipinski definition) is 0. The summed E-state index contributed by atoms with van der Waals surface area (Å²) in [4.78, 5) is 0. The molecule has 0 spiro atoms. The Morgan fingerprint density at radius 2 is 1.65 bits per heavy atom. The van der Waals surface area contributed by atoms with E-state index in [0.717, 1.165) is 18.1 Å². The van der Waals surface area contributed by atoms with E-state index >= 15 is 0 Å². The molecule has 3 heteroatoms. The topological polar surface area (TPSA) is 0 Å². The van der Waals surface area contributed by atoms with Gasteiger partial charge in [0.1, 0.15) is 5.82 Å². The van der Waals surface area contributed by atoms with Crippen molar-refractivity contribution in [2.45, 2.75) is 40.3 Å². The van der Waals surface area contributed by atoms with Crippen LogP contribution in [0.1, 0.15) is 27.7 Å². The highest BCUT2D eigenvalue weighted by Gasteiger charge is 2.48. The van der Waals surface area contributed by atoms with Crippen molar-refractivity contribution in [3.63, 3.8) is 0 Å². The second-order valence-corrected chi connectivity index (χ2v) is 6.98. The third-order valence-corrected chi connectivity index (χ3v) is 4.98. The first kappa shape index (κ1) is 12.9. The van der Waals surface area contributed by atoms with E-state index in [1.165, 1.54) is 6.07 Å². The van der Waals surface area contributed by atoms with Gasteiger partial charge in [0, 0.05) is 5.02 Å². The van der Waals surface area contributed by atoms with Gasteiger partial charge in [-0.15, -0.1) is 0 Å². The Balaban J connectivity index is 2.32. The molecule has 1 saturated heterocycles. The number of rotatable bonds is 1. The predicted molar refractivity (Wildman–Crippen MR) is 74.0 cm³/mol. The maximum absolute atomic E-state index is 13.9. The molecule has 1 fully saturated rings. The van der Waals surface area contributed by atoms with Gasteiger partial charge in [0.2, 0.25) is 0 Å². The molecule has 2 rings (SSSR count). The zero-order chi connectivity index (χ0) is 12.8. The Kier molecular flexibility index (Phi) is 3.06. The molecule has 92 valence electrons. The van der Waals surface area contributed by atoms with Crippen molar-refractivity contribution in [3.05, 3.63) is 29.0 Å². The molecular weight excluding hydrogens is 233 g/mol. The summed E-state index contributed by atoms with van der Waals surface area (Å²) in [6.07, 6.45) is 2.08. The molecule has 0 aliphatic carbocycles. The van der Waals surface area contributed by atoms with Gasteiger partial charge in [-0.1, -0.05) is 58.0 Å². The fourth-order valence-corrected chi connectivity index (χ4v) is 3.07. The lowest BCUT2D eigenvalue weighted by Gasteiger charge is -2.35. The van der Waals surface area contributed by atoms with Gasteiger partial charge in [0.15, 0.2) is 6.71 Å². The van der Waals surface area contributed by atoms with Crippen molar-refractivity contribution in [1.29, 1.82) is 0 Å². The molecule has 0 radical (unpaired) electrons. The highest BCUT2D eigenvalue weighted by atomic mass is 35.5. The van der Waals surface area contributed by atoms with Crippen LogP contribution in [0.4, 0.5) is 4.39 Å². The van der Waals surface area contributed by atoms with Gasteiger partial charge in [-0.2, -0.15) is 0 Å². The van der Waals surface area contributed by atoms with Gasteiger partial charge in [-0.05, 0) is 28.4 Å². The second-order valence-electron chi connectivity index (χ2n) is 6.54. The fraction of sp³-hybridized carbons (Fsp3) is 0.571. The summed E-state index contributed by atoms with van der Waals surface area (Å²) in [6.45, 7) is 9.43. The first-order valence-electron chi connectivity index (χ1n) is 6.18. The average molecular weight is 253 g/mol. The lowest BCUT2D eigenvalue weighted by Crippen LogP contribution is -2.30. The van der Waals surface area contributed by atoms with E-state index in [1.54, 1.807) is 6.07 Å². The number of benzene rings is 1. The quantitative estimate of drug-likeness (QED) is 0.656. The van der Waals surface area contributed by atoms with Crippen molar-refractivity contribution in [2.75, 3.05) is 0 Å². The summed E-state index contributed by atoms with van der Waals surface area (Å²) in [5.74, 6) is -0.156. The molecule has 0 N–H and O–H groups in total. The van der Waals surface area contributed by atoms with E-state index in [0.29, 0.717) is 11.7 Å². The third kappa shape index (κ3) is 2.24. The maximum Gasteiger partial charge on any atom is 0.180 e. The van der Waals surface area contributed by atoms with Crippen LogP contribution in [-0.4, -0.2) is 6.71 Å². The SMILES string of the molecule is CC1(C)CB(c2ccc(Cl)cc2F)CC1(C)C. The van der Waals surface area contributed by atoms with Crippen molar-refractivity contribution >= 4 is 23.8 Å². The Morgan fingerprint density at radius 3 is 2.12 bits per heavy atom. The zero-order valence-electron chi connectivity index (χ0n) is 11.0. The van der Waals surface area contributed by atoms with Gasteiger partial charge in [-0.3, -0.25) is 0 Å². The molecule has 0 saturated carbocycles. The molecule has 0 nitrogen and oxygen atoms in total. The average Bonchev–Trinajstić information content (AvgIpc) is 2.35. The molecule has 0 unspecified atom stereocenters. The van der Waals surface area contributed by atoms with Crippen LogP contribution in [0.2, 0.25) is 17.7 Å². The van der Waals surface area contributed by atoms with Crippen LogP contribution in [0, 0.1) is 16.6 Å². The summed E-state index contributed by atoms with van der Waals surface area (Å²) in [5.41, 5.74) is 1.33. The van der Waals surface area contributed by atoms with E-state index in [2.05, 4.69) is 27.7 Å². The first-order valence-corrected chi connectivity index (χ1v) is 6.56. The predicted octanol–water partition coefficient (Wildman–Crippen LogP) is 4.25. The molecule has 0 aromatic heterocycles. The summed E-state index contributed by atoms with van der Waals surface area (Å²) < 4.78 is 13.9. The molecule has 1 heterocycles. The minimum atomic E-state index is -0.156. The summed E-state index contributed by atoms with van der Waals surface area (Å²) in [5, 5.41) is 0.475. The molecule has 0 bridgehead atoms. The first-order chi connectivity index (χ1) is 7.73. The van der Waals surface area contributed by atoms with Crippen molar-refractivity contribution in [1.82, 2.24) is 0 Å². The van der Waals surface area contributed by atoms with Gasteiger partial charge in [-0.25, -0.2) is 4.39 Å². The van der Waals surface area contributed by atoms with Crippen LogP contribution in [-0.2, 0) is 0 Å². The highest BCUT2D eigenvalue weighted by molar-refractivity contribution is 6.74. The normalized spacial score (nSPS) is 21.9. The summed E-state index contributed by atoms with van der Waals surface area (Å²) >= 11 is 5.80. The monoisotopic (exact) mass is 252 g/mol. The zero-order valence-corrected chi connectivity index (χ0v) is 11.7. The fourth-order valence-electron chi connectivity index (χ4n) is 2.91. The molecule has 1 aliphatic rings. The molecule has 1 aromatic rings. The van der Waals surface area contributed by atoms with Crippen molar-refractivity contribution in [3.8, 4) is 0 Å². The van der Waals surface area contributed by atoms with E-state index in [9.17, 15) is 4.39 Å². The van der Waals surface area contributed by atoms with E-state index < -0.39 is 0 Å². The van der Waals surface area contributed by atoms with Crippen LogP contribution in [0.5, 0.6) is 0 Å². The van der Waals surface area contributed by atoms with Crippen LogP contribution in [0.15, 0.2) is 18.2 Å². The van der Waals surface area contributed by atoms with E-state index in [-0.39, 0.29) is 16.6 Å². The van der Waals surface area contributed by atoms with Crippen LogP contribution in [0.3, 0.4) is 0 Å². The lowest BCUT2D eigenvalue weighted by molar-refractivity contribution is 0.177. The molecule has 1 aromatic carbocycles. The molecule has 1 aliphatic heterocycles. The minimum Gasteiger partial charge on any atom is -0.208 e. The number of hydrogen-bond acceptors (Lipinski definition) is 0. The third-order valence-electron chi connectivity index (χ3n) is 4.75. The van der Waals surface area contributed by atoms with Crippen LogP contribution in [0.25, 0.3) is 0 Å². The number of halogens is 2. The Morgan fingerprint density at radius 1 is 1.12 bits per heavy atom. The lowest BCUT2D eigenvalue weighted by atomic mass is 9.42. The standard InChI is InChI=1S/C14H19BClF/c1-13(2)8-15(9-14(13,3)4)11-6-5-10(16)7-12(11)17/h5-7H,8-9H2,1-4H3. The van der Waals surface area contributed by atoms with E-state index in [4.69, 9.17) is 11.6 Å². The van der Waals surface area contributed by atoms with Gasteiger partial charge >= 0.3 is 0 Å². The smallest absolute Gasteiger partial charge is 0.180 e. The van der Waals surface area contributed by atoms with E-state index in [1.807, 2.05) is 6.07 Å². The second kappa shape index (κ2) is 4.01. The van der Waals surface area contributed by atoms with Gasteiger partial charge < -0.3 is 0 Å². The Bertz CT molecular complexity index is 424. The highest BCUT2D eigenvalue weighted by Crippen LogP contribution is 2.52. The summed E-state index contributed by atoms with van der Waals surface area (Å²) in [6, 6.07) is 5.06. The van der Waals surface area contributed by atoms with Crippen LogP contribution < -0.4 is 5.46 Å². The van der Waals surface area contributed by atoms with Gasteiger partial charge in [0.25, 0.3) is 0 Å².